The molecular weight excluding hydrogens is 454 g/mol. The van der Waals surface area contributed by atoms with Crippen molar-refractivity contribution in [3.63, 3.8) is 0 Å². The second-order valence-corrected chi connectivity index (χ2v) is 9.47. The number of hydrogen-bond donors (Lipinski definition) is 0. The number of carbonyl (C=O) groups excluding carboxylic acids is 1. The Morgan fingerprint density at radius 1 is 1.00 bits per heavy atom. The number of methoxy groups -OCH3 is 2. The van der Waals surface area contributed by atoms with E-state index in [9.17, 15) is 4.79 Å². The molecular formula is C25H25N3O3S2. The van der Waals surface area contributed by atoms with Crippen LogP contribution in [-0.2, 0) is 11.3 Å². The van der Waals surface area contributed by atoms with Crippen LogP contribution in [0.4, 0.5) is 5.13 Å². The molecule has 33 heavy (non-hydrogen) atoms. The molecule has 0 fully saturated rings. The maximum absolute atomic E-state index is 13.3. The predicted molar refractivity (Wildman–Crippen MR) is 135 cm³/mol. The number of nitrogens with zero attached hydrogens (tertiary/aromatic N) is 3. The third-order valence-corrected chi connectivity index (χ3v) is 7.23. The summed E-state index contributed by atoms with van der Waals surface area (Å²) in [5.41, 5.74) is 1.85. The fourth-order valence-electron chi connectivity index (χ4n) is 3.29. The number of thiazole rings is 1. The van der Waals surface area contributed by atoms with Gasteiger partial charge in [0.2, 0.25) is 5.91 Å². The largest absolute Gasteiger partial charge is 0.497 e. The van der Waals surface area contributed by atoms with E-state index in [1.807, 2.05) is 54.6 Å². The molecule has 0 atom stereocenters. The Balaban J connectivity index is 1.45. The van der Waals surface area contributed by atoms with E-state index in [4.69, 9.17) is 14.5 Å². The lowest BCUT2D eigenvalue weighted by Crippen LogP contribution is -2.30. The average Bonchev–Trinajstić information content (AvgIpc) is 3.29. The van der Waals surface area contributed by atoms with Crippen LogP contribution >= 0.6 is 23.1 Å². The fourth-order valence-corrected chi connectivity index (χ4v) is 5.11. The molecule has 0 bridgehead atoms. The lowest BCUT2D eigenvalue weighted by molar-refractivity contribution is -0.118. The van der Waals surface area contributed by atoms with Gasteiger partial charge in [-0.1, -0.05) is 11.3 Å². The first-order valence-electron chi connectivity index (χ1n) is 10.6. The van der Waals surface area contributed by atoms with Gasteiger partial charge in [-0.3, -0.25) is 14.7 Å². The summed E-state index contributed by atoms with van der Waals surface area (Å²) in [7, 11) is 3.30. The van der Waals surface area contributed by atoms with Crippen molar-refractivity contribution in [2.24, 2.45) is 0 Å². The molecule has 0 saturated heterocycles. The van der Waals surface area contributed by atoms with Crippen LogP contribution in [0.25, 0.3) is 10.2 Å². The number of anilines is 1. The molecule has 0 aliphatic rings. The van der Waals surface area contributed by atoms with Crippen molar-refractivity contribution in [1.82, 2.24) is 9.97 Å². The highest BCUT2D eigenvalue weighted by Crippen LogP contribution is 2.32. The van der Waals surface area contributed by atoms with Crippen molar-refractivity contribution in [3.8, 4) is 11.5 Å². The summed E-state index contributed by atoms with van der Waals surface area (Å²) in [6.45, 7) is 0.462. The zero-order chi connectivity index (χ0) is 23.0. The van der Waals surface area contributed by atoms with Gasteiger partial charge in [-0.15, -0.1) is 11.8 Å². The van der Waals surface area contributed by atoms with Crippen LogP contribution in [0.3, 0.4) is 0 Å². The molecule has 0 aliphatic heterocycles. The maximum atomic E-state index is 13.3. The Kier molecular flexibility index (Phi) is 7.80. The molecule has 0 N–H and O–H groups in total. The van der Waals surface area contributed by atoms with Gasteiger partial charge in [-0.25, -0.2) is 4.98 Å². The minimum absolute atomic E-state index is 0.0631. The first-order chi connectivity index (χ1) is 16.2. The van der Waals surface area contributed by atoms with Gasteiger partial charge in [0, 0.05) is 29.8 Å². The molecule has 4 rings (SSSR count). The molecule has 4 aromatic rings. The van der Waals surface area contributed by atoms with Crippen molar-refractivity contribution in [2.45, 2.75) is 24.3 Å². The first-order valence-corrected chi connectivity index (χ1v) is 12.4. The van der Waals surface area contributed by atoms with Gasteiger partial charge in [0.05, 0.1) is 31.0 Å². The van der Waals surface area contributed by atoms with Crippen LogP contribution in [0.5, 0.6) is 11.5 Å². The minimum atomic E-state index is 0.0631. The summed E-state index contributed by atoms with van der Waals surface area (Å²) in [6.07, 6.45) is 4.72. The molecule has 170 valence electrons. The number of pyridine rings is 1. The summed E-state index contributed by atoms with van der Waals surface area (Å²) in [5, 5.41) is 0.697. The Morgan fingerprint density at radius 3 is 2.45 bits per heavy atom. The second-order valence-electron chi connectivity index (χ2n) is 7.29. The van der Waals surface area contributed by atoms with Crippen molar-refractivity contribution in [1.29, 1.82) is 0 Å². The molecule has 6 nitrogen and oxygen atoms in total. The second kappa shape index (κ2) is 11.2. The van der Waals surface area contributed by atoms with Crippen LogP contribution in [0.15, 0.2) is 71.9 Å². The lowest BCUT2D eigenvalue weighted by Gasteiger charge is -2.20. The van der Waals surface area contributed by atoms with Gasteiger partial charge in [0.15, 0.2) is 5.13 Å². The molecule has 8 heteroatoms. The van der Waals surface area contributed by atoms with Gasteiger partial charge < -0.3 is 9.47 Å². The average molecular weight is 480 g/mol. The van der Waals surface area contributed by atoms with Crippen LogP contribution in [0.2, 0.25) is 0 Å². The van der Waals surface area contributed by atoms with Crippen LogP contribution in [0.1, 0.15) is 18.4 Å². The molecule has 2 heterocycles. The van der Waals surface area contributed by atoms with E-state index in [0.717, 1.165) is 44.3 Å². The topological polar surface area (TPSA) is 64.5 Å². The lowest BCUT2D eigenvalue weighted by atomic mass is 10.2. The number of hydrogen-bond acceptors (Lipinski definition) is 7. The number of thioether (sulfide) groups is 1. The van der Waals surface area contributed by atoms with E-state index >= 15 is 0 Å². The Labute approximate surface area is 201 Å². The number of ether oxygens (including phenoxy) is 2. The quantitative estimate of drug-likeness (QED) is 0.211. The van der Waals surface area contributed by atoms with Crippen LogP contribution in [0, 0.1) is 0 Å². The van der Waals surface area contributed by atoms with Gasteiger partial charge in [0.25, 0.3) is 0 Å². The molecule has 2 aromatic carbocycles. The summed E-state index contributed by atoms with van der Waals surface area (Å²) >= 11 is 3.26. The number of amides is 1. The fraction of sp³-hybridized carbons (Fsp3) is 0.240. The third kappa shape index (κ3) is 6.03. The predicted octanol–water partition coefficient (Wildman–Crippen LogP) is 5.81. The zero-order valence-electron chi connectivity index (χ0n) is 18.6. The highest BCUT2D eigenvalue weighted by atomic mass is 32.2. The number of carbonyl (C=O) groups is 1. The Morgan fingerprint density at radius 2 is 1.73 bits per heavy atom. The molecule has 0 unspecified atom stereocenters. The standard InChI is InChI=1S/C25H25N3O3S2/c1-30-19-5-8-21(9-6-19)32-15-3-4-24(29)28(17-18-11-13-26-14-12-18)25-27-22-16-20(31-2)7-10-23(22)33-25/h5-14,16H,3-4,15,17H2,1-2H3. The van der Waals surface area contributed by atoms with E-state index in [-0.39, 0.29) is 5.91 Å². The van der Waals surface area contributed by atoms with E-state index in [2.05, 4.69) is 4.98 Å². The SMILES string of the molecule is COc1ccc(SCCCC(=O)N(Cc2ccncc2)c2nc3cc(OC)ccc3s2)cc1. The number of rotatable bonds is 10. The molecule has 0 aliphatic carbocycles. The summed E-state index contributed by atoms with van der Waals surface area (Å²) in [5.74, 6) is 2.52. The van der Waals surface area contributed by atoms with E-state index in [1.54, 1.807) is 43.3 Å². The number of aromatic nitrogens is 2. The van der Waals surface area contributed by atoms with E-state index in [0.29, 0.717) is 18.1 Å². The van der Waals surface area contributed by atoms with Crippen molar-refractivity contribution in [2.75, 3.05) is 24.9 Å². The van der Waals surface area contributed by atoms with Crippen molar-refractivity contribution < 1.29 is 14.3 Å². The molecule has 2 aromatic heterocycles. The summed E-state index contributed by atoms with van der Waals surface area (Å²) in [6, 6.07) is 17.6. The van der Waals surface area contributed by atoms with Crippen LogP contribution in [-0.4, -0.2) is 35.8 Å². The van der Waals surface area contributed by atoms with Gasteiger partial charge in [-0.2, -0.15) is 0 Å². The maximum Gasteiger partial charge on any atom is 0.229 e. The van der Waals surface area contributed by atoms with E-state index in [1.165, 1.54) is 11.3 Å². The smallest absolute Gasteiger partial charge is 0.229 e. The summed E-state index contributed by atoms with van der Waals surface area (Å²) in [4.78, 5) is 25.0. The first kappa shape index (κ1) is 23.1. The zero-order valence-corrected chi connectivity index (χ0v) is 20.2. The van der Waals surface area contributed by atoms with Gasteiger partial charge in [0.1, 0.15) is 11.5 Å². The highest BCUT2D eigenvalue weighted by Gasteiger charge is 2.20. The minimum Gasteiger partial charge on any atom is -0.497 e. The molecule has 0 radical (unpaired) electrons. The third-order valence-electron chi connectivity index (χ3n) is 5.07. The highest BCUT2D eigenvalue weighted by molar-refractivity contribution is 7.99. The van der Waals surface area contributed by atoms with Crippen molar-refractivity contribution >= 4 is 44.4 Å². The summed E-state index contributed by atoms with van der Waals surface area (Å²) < 4.78 is 11.5. The number of benzene rings is 2. The number of fused-ring (bicyclic) bond motifs is 1. The van der Waals surface area contributed by atoms with Gasteiger partial charge in [-0.05, 0) is 66.3 Å². The van der Waals surface area contributed by atoms with E-state index < -0.39 is 0 Å². The monoisotopic (exact) mass is 479 g/mol. The van der Waals surface area contributed by atoms with Gasteiger partial charge >= 0.3 is 0 Å². The molecule has 0 saturated carbocycles. The van der Waals surface area contributed by atoms with Crippen molar-refractivity contribution in [3.05, 3.63) is 72.6 Å². The van der Waals surface area contributed by atoms with Crippen LogP contribution < -0.4 is 14.4 Å². The molecule has 0 spiro atoms. The normalized spacial score (nSPS) is 10.8. The Bertz CT molecular complexity index is 1200. The Hall–Kier alpha value is -3.10. The molecule has 1 amide bonds.